The average Bonchev–Trinajstić information content (AvgIpc) is 3.29. The maximum atomic E-state index is 13.2. The Morgan fingerprint density at radius 1 is 1.06 bits per heavy atom. The van der Waals surface area contributed by atoms with Crippen molar-refractivity contribution in [3.63, 3.8) is 0 Å². The number of phenolic OH excluding ortho intramolecular Hbond substituents is 1. The molecular formula is C23H25N3O5S. The van der Waals surface area contributed by atoms with E-state index >= 15 is 0 Å². The van der Waals surface area contributed by atoms with Crippen LogP contribution in [0.5, 0.6) is 5.75 Å². The first-order chi connectivity index (χ1) is 15.4. The van der Waals surface area contributed by atoms with Crippen LogP contribution in [0.4, 0.5) is 11.4 Å². The molecule has 2 N–H and O–H groups in total. The number of nitro benzene ring substituents is 1. The smallest absolute Gasteiger partial charge is 0.270 e. The summed E-state index contributed by atoms with van der Waals surface area (Å²) in [5, 5.41) is 25.1. The zero-order valence-electron chi connectivity index (χ0n) is 17.5. The summed E-state index contributed by atoms with van der Waals surface area (Å²) in [6, 6.07) is 8.90. The molecule has 0 amide bonds. The van der Waals surface area contributed by atoms with Gasteiger partial charge in [0.05, 0.1) is 15.9 Å². The van der Waals surface area contributed by atoms with Crippen LogP contribution in [0.3, 0.4) is 0 Å². The van der Waals surface area contributed by atoms with E-state index in [-0.39, 0.29) is 29.3 Å². The summed E-state index contributed by atoms with van der Waals surface area (Å²) in [6.45, 7) is 1.11. The van der Waals surface area contributed by atoms with Gasteiger partial charge in [0.25, 0.3) is 5.69 Å². The van der Waals surface area contributed by atoms with Crippen molar-refractivity contribution < 1.29 is 18.4 Å². The summed E-state index contributed by atoms with van der Waals surface area (Å²) >= 11 is 0. The topological polar surface area (TPSA) is 113 Å². The van der Waals surface area contributed by atoms with E-state index in [1.54, 1.807) is 22.5 Å². The predicted octanol–water partition coefficient (Wildman–Crippen LogP) is 4.30. The van der Waals surface area contributed by atoms with Crippen LogP contribution in [0.25, 0.3) is 0 Å². The number of phenols is 1. The minimum Gasteiger partial charge on any atom is -0.508 e. The fraction of sp³-hybridized carbons (Fsp3) is 0.391. The largest absolute Gasteiger partial charge is 0.508 e. The van der Waals surface area contributed by atoms with Crippen molar-refractivity contribution in [2.45, 2.75) is 42.5 Å². The minimum absolute atomic E-state index is 0.00602. The van der Waals surface area contributed by atoms with Crippen LogP contribution in [0.1, 0.15) is 48.8 Å². The second-order valence-corrected chi connectivity index (χ2v) is 10.6. The van der Waals surface area contributed by atoms with Gasteiger partial charge in [-0.25, -0.2) is 8.42 Å². The number of nitrogens with one attached hydrogen (secondary N) is 1. The van der Waals surface area contributed by atoms with Gasteiger partial charge in [0.2, 0.25) is 10.0 Å². The molecule has 3 unspecified atom stereocenters. The maximum Gasteiger partial charge on any atom is 0.270 e. The Morgan fingerprint density at radius 3 is 2.59 bits per heavy atom. The molecule has 9 heteroatoms. The summed E-state index contributed by atoms with van der Waals surface area (Å²) < 4.78 is 27.9. The third kappa shape index (κ3) is 3.45. The number of nitrogens with zero attached hydrogens (tertiary/aromatic N) is 2. The quantitative estimate of drug-likeness (QED) is 0.404. The van der Waals surface area contributed by atoms with Crippen molar-refractivity contribution >= 4 is 21.4 Å². The fourth-order valence-electron chi connectivity index (χ4n) is 5.20. The molecule has 2 aromatic carbocycles. The van der Waals surface area contributed by atoms with E-state index in [2.05, 4.69) is 17.5 Å². The SMILES string of the molecule is O=[N+]([O-])c1ccc(O)c(C2Nc3ccc(S(=O)(=O)N4CCCCC4)cc3C3C=CCC32)c1. The van der Waals surface area contributed by atoms with Crippen molar-refractivity contribution in [1.82, 2.24) is 4.31 Å². The molecule has 0 spiro atoms. The number of sulfonamides is 1. The number of allylic oxidation sites excluding steroid dienone is 2. The standard InChI is InChI=1S/C23H25N3O5S/c27-22-10-7-15(26(28)29)13-20(22)23-18-6-4-5-17(18)19-14-16(8-9-21(19)24-23)32(30,31)25-11-2-1-3-12-25/h4-5,7-10,13-14,17-18,23-24,27H,1-3,6,11-12H2. The van der Waals surface area contributed by atoms with Gasteiger partial charge in [-0.05, 0) is 55.0 Å². The Bertz CT molecular complexity index is 1200. The first-order valence-electron chi connectivity index (χ1n) is 10.9. The van der Waals surface area contributed by atoms with E-state index < -0.39 is 14.9 Å². The Hall–Kier alpha value is -2.91. The van der Waals surface area contributed by atoms with Crippen LogP contribution < -0.4 is 5.32 Å². The molecule has 5 rings (SSSR count). The molecule has 0 bridgehead atoms. The zero-order valence-corrected chi connectivity index (χ0v) is 18.3. The van der Waals surface area contributed by atoms with Crippen molar-refractivity contribution in [3.05, 3.63) is 69.8 Å². The Labute approximate surface area is 186 Å². The number of hydrogen-bond donors (Lipinski definition) is 2. The average molecular weight is 456 g/mol. The van der Waals surface area contributed by atoms with Crippen LogP contribution in [0, 0.1) is 16.0 Å². The molecule has 0 saturated carbocycles. The number of nitro groups is 1. The highest BCUT2D eigenvalue weighted by molar-refractivity contribution is 7.89. The van der Waals surface area contributed by atoms with E-state index in [1.807, 2.05) is 0 Å². The number of piperidine rings is 1. The van der Waals surface area contributed by atoms with Gasteiger partial charge in [-0.3, -0.25) is 10.1 Å². The molecule has 3 atom stereocenters. The lowest BCUT2D eigenvalue weighted by Gasteiger charge is -2.38. The van der Waals surface area contributed by atoms with Gasteiger partial charge in [0.15, 0.2) is 0 Å². The summed E-state index contributed by atoms with van der Waals surface area (Å²) in [4.78, 5) is 11.1. The summed E-state index contributed by atoms with van der Waals surface area (Å²) in [7, 11) is -3.55. The summed E-state index contributed by atoms with van der Waals surface area (Å²) in [5.41, 5.74) is 2.10. The first-order valence-corrected chi connectivity index (χ1v) is 12.3. The molecule has 1 saturated heterocycles. The molecular weight excluding hydrogens is 430 g/mol. The Morgan fingerprint density at radius 2 is 1.84 bits per heavy atom. The van der Waals surface area contributed by atoms with Crippen molar-refractivity contribution in [2.75, 3.05) is 18.4 Å². The second-order valence-electron chi connectivity index (χ2n) is 8.69. The van der Waals surface area contributed by atoms with Gasteiger partial charge in [-0.2, -0.15) is 4.31 Å². The molecule has 0 aromatic heterocycles. The van der Waals surface area contributed by atoms with Crippen molar-refractivity contribution in [1.29, 1.82) is 0 Å². The molecule has 2 heterocycles. The van der Waals surface area contributed by atoms with E-state index in [4.69, 9.17) is 0 Å². The van der Waals surface area contributed by atoms with E-state index in [9.17, 15) is 23.6 Å². The van der Waals surface area contributed by atoms with Crippen LogP contribution in [-0.2, 0) is 10.0 Å². The van der Waals surface area contributed by atoms with Crippen molar-refractivity contribution in [2.24, 2.45) is 5.92 Å². The fourth-order valence-corrected chi connectivity index (χ4v) is 6.75. The van der Waals surface area contributed by atoms with Gasteiger partial charge >= 0.3 is 0 Å². The van der Waals surface area contributed by atoms with E-state index in [0.717, 1.165) is 36.9 Å². The first kappa shape index (κ1) is 21.0. The van der Waals surface area contributed by atoms with Crippen LogP contribution >= 0.6 is 0 Å². The molecule has 8 nitrogen and oxygen atoms in total. The van der Waals surface area contributed by atoms with E-state index in [1.165, 1.54) is 18.2 Å². The highest BCUT2D eigenvalue weighted by atomic mass is 32.2. The van der Waals surface area contributed by atoms with Crippen LogP contribution in [0.15, 0.2) is 53.4 Å². The molecule has 2 aromatic rings. The number of aromatic hydroxyl groups is 1. The summed E-state index contributed by atoms with van der Waals surface area (Å²) in [5.74, 6) is -0.0127. The minimum atomic E-state index is -3.55. The lowest BCUT2D eigenvalue weighted by molar-refractivity contribution is -0.385. The number of fused-ring (bicyclic) bond motifs is 3. The monoisotopic (exact) mass is 455 g/mol. The van der Waals surface area contributed by atoms with Gasteiger partial charge in [-0.15, -0.1) is 0 Å². The number of benzene rings is 2. The van der Waals surface area contributed by atoms with Gasteiger partial charge < -0.3 is 10.4 Å². The molecule has 2 aliphatic heterocycles. The molecule has 32 heavy (non-hydrogen) atoms. The lowest BCUT2D eigenvalue weighted by atomic mass is 9.77. The second kappa shape index (κ2) is 7.90. The normalized spacial score (nSPS) is 25.1. The third-order valence-corrected chi connectivity index (χ3v) is 8.74. The van der Waals surface area contributed by atoms with Crippen LogP contribution in [0.2, 0.25) is 0 Å². The van der Waals surface area contributed by atoms with Crippen molar-refractivity contribution in [3.8, 4) is 5.75 Å². The Balaban J connectivity index is 1.53. The molecule has 1 aliphatic carbocycles. The number of hydrogen-bond acceptors (Lipinski definition) is 6. The highest BCUT2D eigenvalue weighted by Crippen LogP contribution is 2.51. The molecule has 3 aliphatic rings. The van der Waals surface area contributed by atoms with E-state index in [0.29, 0.717) is 23.5 Å². The highest BCUT2D eigenvalue weighted by Gasteiger charge is 2.40. The Kier molecular flexibility index (Phi) is 5.17. The van der Waals surface area contributed by atoms with Crippen LogP contribution in [-0.4, -0.2) is 35.8 Å². The van der Waals surface area contributed by atoms with Gasteiger partial charge in [-0.1, -0.05) is 18.6 Å². The maximum absolute atomic E-state index is 13.2. The molecule has 1 fully saturated rings. The lowest BCUT2D eigenvalue weighted by Crippen LogP contribution is -2.36. The zero-order chi connectivity index (χ0) is 22.5. The van der Waals surface area contributed by atoms with Gasteiger partial charge in [0.1, 0.15) is 5.75 Å². The number of anilines is 1. The molecule has 0 radical (unpaired) electrons. The summed E-state index contributed by atoms with van der Waals surface area (Å²) in [6.07, 6.45) is 7.68. The van der Waals surface area contributed by atoms with Gasteiger partial charge in [0, 0.05) is 42.4 Å². The third-order valence-electron chi connectivity index (χ3n) is 6.84. The predicted molar refractivity (Wildman–Crippen MR) is 120 cm³/mol. The molecule has 168 valence electrons. The number of non-ortho nitro benzene ring substituents is 1. The number of rotatable bonds is 4.